The summed E-state index contributed by atoms with van der Waals surface area (Å²) in [6.07, 6.45) is 20.0. The van der Waals surface area contributed by atoms with Crippen molar-refractivity contribution in [1.82, 2.24) is 19.1 Å². The summed E-state index contributed by atoms with van der Waals surface area (Å²) in [5.74, 6) is -1.19. The predicted molar refractivity (Wildman–Crippen MR) is 338 cm³/mol. The average molecular weight is 1230 g/mol. The first-order valence-electron chi connectivity index (χ1n) is 31.6. The van der Waals surface area contributed by atoms with Gasteiger partial charge >= 0.3 is 23.9 Å². The van der Waals surface area contributed by atoms with E-state index in [-0.39, 0.29) is 76.0 Å². The minimum absolute atomic E-state index is 0.151. The van der Waals surface area contributed by atoms with Gasteiger partial charge in [0.15, 0.2) is 75.8 Å². The molecule has 0 saturated carbocycles. The molecule has 476 valence electrons. The molecule has 9 rings (SSSR count). The van der Waals surface area contributed by atoms with Crippen LogP contribution < -0.4 is 41.2 Å². The molecule has 0 spiro atoms. The van der Waals surface area contributed by atoms with E-state index < -0.39 is 0 Å². The van der Waals surface area contributed by atoms with Crippen molar-refractivity contribution in [2.45, 2.75) is 157 Å². The molecule has 90 heavy (non-hydrogen) atoms. The number of ether oxygens (including phenoxy) is 4. The number of aromatic amines is 2. The third-order valence-corrected chi connectivity index (χ3v) is 17.9. The van der Waals surface area contributed by atoms with Crippen molar-refractivity contribution in [1.29, 1.82) is 0 Å². The van der Waals surface area contributed by atoms with Gasteiger partial charge in [-0.05, 0) is 97.9 Å². The average Bonchev–Trinajstić information content (AvgIpc) is 1.82. The van der Waals surface area contributed by atoms with E-state index in [1.165, 1.54) is 0 Å². The number of nitrogens with two attached hydrogens (primary N) is 4. The molecule has 0 amide bonds. The van der Waals surface area contributed by atoms with Gasteiger partial charge in [0.25, 0.3) is 0 Å². The molecule has 0 aliphatic carbocycles. The second-order valence-electron chi connectivity index (χ2n) is 23.8. The number of pyridine rings is 4. The summed E-state index contributed by atoms with van der Waals surface area (Å²) in [4.78, 5) is 62.8. The molecule has 1 aliphatic heterocycles. The van der Waals surface area contributed by atoms with Crippen LogP contribution in [0.25, 0.3) is 0 Å². The fraction of sp³-hybridized carbons (Fsp3) is 0.429. The number of nitrogens with one attached hydrogen (secondary N) is 2. The van der Waals surface area contributed by atoms with Crippen molar-refractivity contribution >= 4 is 23.9 Å². The first kappa shape index (κ1) is 65.9. The van der Waals surface area contributed by atoms with Gasteiger partial charge in [0.2, 0.25) is 0 Å². The first-order valence-corrected chi connectivity index (χ1v) is 31.6. The Kier molecular flexibility index (Phi) is 22.9. The van der Waals surface area contributed by atoms with Gasteiger partial charge in [0.1, 0.15) is 26.4 Å². The second-order valence-corrected chi connectivity index (χ2v) is 23.8. The molecule has 0 aromatic carbocycles. The highest BCUT2D eigenvalue weighted by atomic mass is 16.5. The number of esters is 4. The quantitative estimate of drug-likeness (QED) is 0.0223. The van der Waals surface area contributed by atoms with Crippen molar-refractivity contribution < 1.29 is 56.4 Å². The molecule has 0 radical (unpaired) electrons. The number of carbonyl (C=O) groups excluding carboxylic acids is 4. The molecular weight excluding hydrogens is 1140 g/mol. The number of fused-ring (bicyclic) bond motifs is 8. The molecule has 0 saturated heterocycles. The van der Waals surface area contributed by atoms with Gasteiger partial charge in [-0.3, -0.25) is 19.2 Å². The maximum absolute atomic E-state index is 13.8. The van der Waals surface area contributed by atoms with E-state index in [0.717, 1.165) is 112 Å². The van der Waals surface area contributed by atoms with Crippen molar-refractivity contribution in [2.75, 3.05) is 26.2 Å². The van der Waals surface area contributed by atoms with Gasteiger partial charge in [-0.15, -0.1) is 0 Å². The summed E-state index contributed by atoms with van der Waals surface area (Å²) in [5.41, 5.74) is 43.4. The summed E-state index contributed by atoms with van der Waals surface area (Å²) in [5, 5.41) is 0. The molecule has 8 bridgehead atoms. The number of carbonyl (C=O) groups is 4. The largest absolute Gasteiger partial charge is 0.461 e. The van der Waals surface area contributed by atoms with E-state index in [2.05, 4.69) is 60.9 Å². The third-order valence-electron chi connectivity index (χ3n) is 17.9. The number of nitrogens with zero attached hydrogens (tertiary/aromatic N) is 6. The molecule has 0 atom stereocenters. The summed E-state index contributed by atoms with van der Waals surface area (Å²) in [7, 11) is 4.22. The monoisotopic (exact) mass is 1230 g/mol. The number of rotatable bonds is 28. The highest BCUT2D eigenvalue weighted by molar-refractivity contribution is 5.72. The highest BCUT2D eigenvalue weighted by Crippen LogP contribution is 2.36. The molecule has 8 aromatic rings. The molecule has 8 aromatic heterocycles. The molecule has 1 aliphatic rings. The van der Waals surface area contributed by atoms with E-state index in [9.17, 15) is 19.2 Å². The molecular formula is C70H92N12O8+4. The minimum Gasteiger partial charge on any atom is -0.461 e. The Morgan fingerprint density at radius 2 is 0.644 bits per heavy atom. The van der Waals surface area contributed by atoms with Crippen LogP contribution in [0.4, 0.5) is 0 Å². The Morgan fingerprint density at radius 1 is 0.378 bits per heavy atom. The maximum atomic E-state index is 13.8. The Balaban J connectivity index is 1.07. The van der Waals surface area contributed by atoms with Crippen molar-refractivity contribution in [3.63, 3.8) is 0 Å². The minimum atomic E-state index is -0.303. The van der Waals surface area contributed by atoms with Crippen LogP contribution in [-0.4, -0.2) is 69.2 Å². The second kappa shape index (κ2) is 31.3. The lowest BCUT2D eigenvalue weighted by Gasteiger charge is -2.14. The van der Waals surface area contributed by atoms with Gasteiger partial charge in [0, 0.05) is 182 Å². The topological polar surface area (TPSA) is 266 Å². The molecule has 10 N–H and O–H groups in total. The lowest BCUT2D eigenvalue weighted by Crippen LogP contribution is -2.36. The lowest BCUT2D eigenvalue weighted by molar-refractivity contribution is -0.694. The number of hydrogen-bond acceptors (Lipinski definition) is 12. The number of aromatic nitrogens is 8. The van der Waals surface area contributed by atoms with Crippen LogP contribution in [0.2, 0.25) is 0 Å². The van der Waals surface area contributed by atoms with Gasteiger partial charge in [0.05, 0.1) is 26.2 Å². The van der Waals surface area contributed by atoms with Crippen LogP contribution in [0.15, 0.2) is 98.1 Å². The van der Waals surface area contributed by atoms with Crippen LogP contribution in [0.5, 0.6) is 0 Å². The molecule has 0 fully saturated rings. The van der Waals surface area contributed by atoms with Gasteiger partial charge < -0.3 is 61.0 Å². The SMILES string of the molecule is Cc1c2[nH]c(c1CCC(=O)OCc1cc[n+](CCN)cc1)Cc1c(C)c(CCC(=O)OCc3cc[n+](CCN)cc3)c(n1C)Cc1c(C)c(CCC(=O)OCc3cc[n+](CCN)cc3)c(n1C)Cc1[nH]c(c(C)c1CCC(=O)OCc1cc[n+](CCN)cc1)C2. The smallest absolute Gasteiger partial charge is 0.306 e. The Bertz CT molecular complexity index is 3760. The Morgan fingerprint density at radius 3 is 0.944 bits per heavy atom. The fourth-order valence-electron chi connectivity index (χ4n) is 12.5. The van der Waals surface area contributed by atoms with Crippen LogP contribution >= 0.6 is 0 Å². The number of hydrogen-bond donors (Lipinski definition) is 6. The van der Waals surface area contributed by atoms with E-state index in [1.54, 1.807) is 0 Å². The molecule has 20 nitrogen and oxygen atoms in total. The van der Waals surface area contributed by atoms with E-state index in [4.69, 9.17) is 41.9 Å². The van der Waals surface area contributed by atoms with Crippen molar-refractivity contribution in [2.24, 2.45) is 37.0 Å². The normalized spacial score (nSPS) is 12.1. The molecule has 0 unspecified atom stereocenters. The predicted octanol–water partition coefficient (Wildman–Crippen LogP) is 4.62. The molecule has 9 heterocycles. The Hall–Kier alpha value is -8.56. The Labute approximate surface area is 528 Å². The molecule has 20 heteroatoms. The van der Waals surface area contributed by atoms with Gasteiger partial charge in [-0.1, -0.05) is 0 Å². The van der Waals surface area contributed by atoms with Crippen molar-refractivity contribution in [3.05, 3.63) is 210 Å². The van der Waals surface area contributed by atoms with Crippen LogP contribution in [0.3, 0.4) is 0 Å². The summed E-state index contributed by atoms with van der Waals surface area (Å²) < 4.78 is 36.2. The van der Waals surface area contributed by atoms with Crippen LogP contribution in [0, 0.1) is 27.7 Å². The number of H-pyrrole nitrogens is 2. The van der Waals surface area contributed by atoms with E-state index in [1.807, 2.05) is 116 Å². The standard InChI is InChI=1S/C70H92N12O8/c1-47-55(7-11-67(83)87-43-51-15-27-79(28-16-51)35-23-71)61-40-63-49(3)58(10-14-70(86)90-46-54-21-33-82(34-22-54)38-26-74)66(77(63)5)42-64-50(4)57(9-13-69(85)89-45-53-19-31-81(32-20-53)37-25-73)65(78(64)6)41-62-56(48(2)60(76-62)39-59(47)75-61)8-12-68(84)88-44-52-17-29-80(30-18-52)36-24-72/h15-22,27-34,75-76H,7-14,23-26,35-46,71-74H2,1-6H3/q+4. The van der Waals surface area contributed by atoms with Crippen molar-refractivity contribution in [3.8, 4) is 0 Å². The zero-order valence-corrected chi connectivity index (χ0v) is 53.5. The zero-order valence-electron chi connectivity index (χ0n) is 53.5. The first-order chi connectivity index (χ1) is 43.5. The third kappa shape index (κ3) is 16.6. The lowest BCUT2D eigenvalue weighted by atomic mass is 9.96. The summed E-state index contributed by atoms with van der Waals surface area (Å²) >= 11 is 0. The van der Waals surface area contributed by atoms with Crippen LogP contribution in [0.1, 0.15) is 138 Å². The van der Waals surface area contributed by atoms with Gasteiger partial charge in [-0.25, -0.2) is 18.3 Å². The fourth-order valence-corrected chi connectivity index (χ4v) is 12.5. The highest BCUT2D eigenvalue weighted by Gasteiger charge is 2.29. The van der Waals surface area contributed by atoms with E-state index in [0.29, 0.717) is 104 Å². The summed E-state index contributed by atoms with van der Waals surface area (Å²) in [6.45, 7) is 14.0. The maximum Gasteiger partial charge on any atom is 0.306 e. The zero-order chi connectivity index (χ0) is 63.8. The van der Waals surface area contributed by atoms with Gasteiger partial charge in [-0.2, -0.15) is 0 Å². The van der Waals surface area contributed by atoms with E-state index >= 15 is 0 Å². The summed E-state index contributed by atoms with van der Waals surface area (Å²) in [6, 6.07) is 15.6. The van der Waals surface area contributed by atoms with Crippen LogP contribution in [-0.2, 0) is 156 Å².